The lowest BCUT2D eigenvalue weighted by atomic mass is 9.83. The molecule has 0 unspecified atom stereocenters. The Kier molecular flexibility index (Phi) is 6.80. The van der Waals surface area contributed by atoms with Crippen LogP contribution in [0.2, 0.25) is 0 Å². The number of nitrogens with one attached hydrogen (secondary N) is 2. The first-order chi connectivity index (χ1) is 15.2. The summed E-state index contributed by atoms with van der Waals surface area (Å²) in [5.74, 6) is 0.0985. The van der Waals surface area contributed by atoms with E-state index in [-0.39, 0.29) is 11.9 Å². The number of benzene rings is 3. The number of rotatable bonds is 9. The van der Waals surface area contributed by atoms with Crippen molar-refractivity contribution in [1.82, 2.24) is 15.5 Å². The first-order valence-corrected chi connectivity index (χ1v) is 11.1. The summed E-state index contributed by atoms with van der Waals surface area (Å²) in [5, 5.41) is 6.71. The van der Waals surface area contributed by atoms with E-state index >= 15 is 0 Å². The fraction of sp³-hybridized carbons (Fsp3) is 0.296. The smallest absolute Gasteiger partial charge is 0.242 e. The lowest BCUT2D eigenvalue weighted by Gasteiger charge is -2.52. The van der Waals surface area contributed by atoms with Crippen LogP contribution in [0, 0.1) is 0 Å². The van der Waals surface area contributed by atoms with E-state index in [4.69, 9.17) is 0 Å². The summed E-state index contributed by atoms with van der Waals surface area (Å²) >= 11 is 0. The molecule has 2 N–H and O–H groups in total. The zero-order chi connectivity index (χ0) is 21.5. The Hall–Kier alpha value is -2.95. The Labute approximate surface area is 185 Å². The summed E-state index contributed by atoms with van der Waals surface area (Å²) < 4.78 is 0. The number of likely N-dealkylation sites (tertiary alicyclic amines) is 1. The molecule has 0 spiro atoms. The van der Waals surface area contributed by atoms with E-state index in [2.05, 4.69) is 83.1 Å². The van der Waals surface area contributed by atoms with E-state index < -0.39 is 5.54 Å². The molecule has 0 atom stereocenters. The van der Waals surface area contributed by atoms with Crippen LogP contribution in [0.5, 0.6) is 0 Å². The molecule has 1 saturated heterocycles. The van der Waals surface area contributed by atoms with Crippen LogP contribution in [-0.2, 0) is 11.3 Å². The van der Waals surface area contributed by atoms with Gasteiger partial charge in [0.05, 0.1) is 6.04 Å². The number of hydrogen-bond donors (Lipinski definition) is 2. The maximum absolute atomic E-state index is 13.2. The molecule has 0 radical (unpaired) electrons. The van der Waals surface area contributed by atoms with Crippen LogP contribution in [-0.4, -0.2) is 36.0 Å². The van der Waals surface area contributed by atoms with Crippen molar-refractivity contribution in [1.29, 1.82) is 0 Å². The molecule has 1 heterocycles. The summed E-state index contributed by atoms with van der Waals surface area (Å²) in [6.07, 6.45) is 0.931. The molecule has 1 fully saturated rings. The normalized spacial score (nSPS) is 15.4. The van der Waals surface area contributed by atoms with Crippen LogP contribution in [0.4, 0.5) is 0 Å². The van der Waals surface area contributed by atoms with Crippen LogP contribution in [0.3, 0.4) is 0 Å². The minimum Gasteiger partial charge on any atom is -0.354 e. The van der Waals surface area contributed by atoms with Crippen LogP contribution >= 0.6 is 0 Å². The number of carbonyl (C=O) groups is 1. The number of carbonyl (C=O) groups excluding carboxylic acids is 1. The van der Waals surface area contributed by atoms with Gasteiger partial charge in [0.25, 0.3) is 0 Å². The molecule has 4 nitrogen and oxygen atoms in total. The van der Waals surface area contributed by atoms with Crippen molar-refractivity contribution in [3.63, 3.8) is 0 Å². The Morgan fingerprint density at radius 1 is 0.871 bits per heavy atom. The van der Waals surface area contributed by atoms with Gasteiger partial charge in [-0.25, -0.2) is 0 Å². The minimum absolute atomic E-state index is 0.0985. The van der Waals surface area contributed by atoms with Gasteiger partial charge in [0, 0.05) is 26.2 Å². The van der Waals surface area contributed by atoms with Crippen molar-refractivity contribution in [2.45, 2.75) is 31.5 Å². The molecule has 160 valence electrons. The van der Waals surface area contributed by atoms with Gasteiger partial charge in [-0.05, 0) is 23.1 Å². The van der Waals surface area contributed by atoms with Gasteiger partial charge in [-0.15, -0.1) is 0 Å². The monoisotopic (exact) mass is 413 g/mol. The van der Waals surface area contributed by atoms with Crippen molar-refractivity contribution in [3.8, 4) is 0 Å². The van der Waals surface area contributed by atoms with Gasteiger partial charge in [0.1, 0.15) is 5.54 Å². The quantitative estimate of drug-likeness (QED) is 0.554. The summed E-state index contributed by atoms with van der Waals surface area (Å²) in [5.41, 5.74) is 3.11. The predicted octanol–water partition coefficient (Wildman–Crippen LogP) is 4.15. The fourth-order valence-corrected chi connectivity index (χ4v) is 4.32. The molecule has 3 aromatic rings. The highest BCUT2D eigenvalue weighted by atomic mass is 16.2. The van der Waals surface area contributed by atoms with Gasteiger partial charge in [0.15, 0.2) is 0 Å². The second-order valence-electron chi connectivity index (χ2n) is 8.31. The van der Waals surface area contributed by atoms with Gasteiger partial charge in [-0.2, -0.15) is 0 Å². The first kappa shape index (κ1) is 21.3. The van der Waals surface area contributed by atoms with Crippen molar-refractivity contribution in [2.24, 2.45) is 0 Å². The molecular formula is C27H31N3O. The molecule has 3 aromatic carbocycles. The Balaban J connectivity index is 1.56. The summed E-state index contributed by atoms with van der Waals surface area (Å²) in [4.78, 5) is 15.6. The van der Waals surface area contributed by atoms with Gasteiger partial charge in [0.2, 0.25) is 5.91 Å². The standard InChI is InChI=1S/C27H31N3O/c1-2-18-28-26(31)27(29-19-22-12-6-3-7-13-22)20-30(21-27)25(23-14-8-4-9-15-23)24-16-10-5-11-17-24/h3-17,25,29H,2,18-21H2,1H3,(H,28,31). The minimum atomic E-state index is -0.577. The van der Waals surface area contributed by atoms with Gasteiger partial charge in [-0.1, -0.05) is 97.9 Å². The summed E-state index contributed by atoms with van der Waals surface area (Å²) in [6, 6.07) is 31.5. The average molecular weight is 414 g/mol. The Morgan fingerprint density at radius 3 is 1.90 bits per heavy atom. The largest absolute Gasteiger partial charge is 0.354 e. The van der Waals surface area contributed by atoms with Crippen LogP contribution in [0.1, 0.15) is 36.1 Å². The number of nitrogens with zero attached hydrogens (tertiary/aromatic N) is 1. The third-order valence-corrected chi connectivity index (χ3v) is 5.99. The highest BCUT2D eigenvalue weighted by Crippen LogP contribution is 2.36. The van der Waals surface area contributed by atoms with E-state index in [0.29, 0.717) is 26.2 Å². The highest BCUT2D eigenvalue weighted by Gasteiger charge is 2.51. The summed E-state index contributed by atoms with van der Waals surface area (Å²) in [6.45, 7) is 4.80. The SMILES string of the molecule is CCCNC(=O)C1(NCc2ccccc2)CN(C(c2ccccc2)c2ccccc2)C1. The van der Waals surface area contributed by atoms with Crippen LogP contribution < -0.4 is 10.6 Å². The number of hydrogen-bond acceptors (Lipinski definition) is 3. The van der Waals surface area contributed by atoms with E-state index in [1.165, 1.54) is 16.7 Å². The van der Waals surface area contributed by atoms with Crippen molar-refractivity contribution in [3.05, 3.63) is 108 Å². The maximum Gasteiger partial charge on any atom is 0.242 e. The second-order valence-corrected chi connectivity index (χ2v) is 8.31. The lowest BCUT2D eigenvalue weighted by molar-refractivity contribution is -0.136. The first-order valence-electron chi connectivity index (χ1n) is 11.1. The van der Waals surface area contributed by atoms with Crippen molar-refractivity contribution in [2.75, 3.05) is 19.6 Å². The molecule has 0 bridgehead atoms. The zero-order valence-electron chi connectivity index (χ0n) is 18.1. The molecule has 4 rings (SSSR count). The average Bonchev–Trinajstić information content (AvgIpc) is 2.80. The topological polar surface area (TPSA) is 44.4 Å². The molecule has 1 aliphatic heterocycles. The second kappa shape index (κ2) is 9.90. The molecule has 1 aliphatic rings. The molecule has 0 saturated carbocycles. The molecular weight excluding hydrogens is 382 g/mol. The van der Waals surface area contributed by atoms with Gasteiger partial charge < -0.3 is 5.32 Å². The summed E-state index contributed by atoms with van der Waals surface area (Å²) in [7, 11) is 0. The zero-order valence-corrected chi connectivity index (χ0v) is 18.1. The Morgan fingerprint density at radius 2 is 1.39 bits per heavy atom. The molecule has 0 aliphatic carbocycles. The van der Waals surface area contributed by atoms with Crippen LogP contribution in [0.15, 0.2) is 91.0 Å². The fourth-order valence-electron chi connectivity index (χ4n) is 4.32. The lowest BCUT2D eigenvalue weighted by Crippen LogP contribution is -2.75. The van der Waals surface area contributed by atoms with Crippen molar-refractivity contribution >= 4 is 5.91 Å². The van der Waals surface area contributed by atoms with Gasteiger partial charge >= 0.3 is 0 Å². The van der Waals surface area contributed by atoms with Gasteiger partial charge in [-0.3, -0.25) is 15.0 Å². The van der Waals surface area contributed by atoms with Crippen LogP contribution in [0.25, 0.3) is 0 Å². The third-order valence-electron chi connectivity index (χ3n) is 5.99. The molecule has 31 heavy (non-hydrogen) atoms. The van der Waals surface area contributed by atoms with E-state index in [0.717, 1.165) is 6.42 Å². The van der Waals surface area contributed by atoms with E-state index in [1.807, 2.05) is 30.3 Å². The maximum atomic E-state index is 13.2. The predicted molar refractivity (Wildman–Crippen MR) is 126 cm³/mol. The Bertz CT molecular complexity index is 914. The molecule has 4 heteroatoms. The third kappa shape index (κ3) is 4.87. The highest BCUT2D eigenvalue weighted by molar-refractivity contribution is 5.88. The van der Waals surface area contributed by atoms with E-state index in [1.54, 1.807) is 0 Å². The number of amides is 1. The molecule has 0 aromatic heterocycles. The van der Waals surface area contributed by atoms with E-state index in [9.17, 15) is 4.79 Å². The van der Waals surface area contributed by atoms with Crippen molar-refractivity contribution < 1.29 is 4.79 Å². The molecule has 1 amide bonds.